The molecule has 138 valence electrons. The lowest BCUT2D eigenvalue weighted by atomic mass is 10.2. The quantitative estimate of drug-likeness (QED) is 0.521. The highest BCUT2D eigenvalue weighted by molar-refractivity contribution is 5.46. The van der Waals surface area contributed by atoms with Gasteiger partial charge in [-0.3, -0.25) is 0 Å². The van der Waals surface area contributed by atoms with E-state index in [-0.39, 0.29) is 6.10 Å². The van der Waals surface area contributed by atoms with Crippen molar-refractivity contribution in [3.8, 4) is 17.2 Å². The topological polar surface area (TPSA) is 40.2 Å². The van der Waals surface area contributed by atoms with Gasteiger partial charge in [-0.2, -0.15) is 0 Å². The van der Waals surface area contributed by atoms with Crippen molar-refractivity contribution in [2.75, 3.05) is 13.2 Å². The summed E-state index contributed by atoms with van der Waals surface area (Å²) in [4.78, 5) is 0. The monoisotopic (exact) mass is 362 g/mol. The second kappa shape index (κ2) is 8.60. The molecule has 0 saturated carbocycles. The molecule has 0 radical (unpaired) electrons. The zero-order valence-corrected chi connectivity index (χ0v) is 15.0. The molecule has 1 atom stereocenters. The Bertz CT molecular complexity index is 845. The van der Waals surface area contributed by atoms with E-state index in [0.717, 1.165) is 23.5 Å². The molecule has 1 heterocycles. The second-order valence-corrected chi connectivity index (χ2v) is 6.42. The van der Waals surface area contributed by atoms with Crippen LogP contribution < -0.4 is 14.2 Å². The molecule has 0 aromatic heterocycles. The van der Waals surface area contributed by atoms with E-state index in [9.17, 15) is 0 Å². The molecule has 0 amide bonds. The summed E-state index contributed by atoms with van der Waals surface area (Å²) >= 11 is 0. The third kappa shape index (κ3) is 5.25. The van der Waals surface area contributed by atoms with Crippen LogP contribution in [0.1, 0.15) is 11.1 Å². The Kier molecular flexibility index (Phi) is 5.56. The predicted molar refractivity (Wildman–Crippen MR) is 103 cm³/mol. The van der Waals surface area contributed by atoms with Crippen LogP contribution in [-0.2, 0) is 18.0 Å². The molecule has 3 aromatic rings. The van der Waals surface area contributed by atoms with Crippen molar-refractivity contribution in [1.29, 1.82) is 0 Å². The van der Waals surface area contributed by atoms with Crippen molar-refractivity contribution >= 4 is 0 Å². The lowest BCUT2D eigenvalue weighted by Gasteiger charge is -2.15. The summed E-state index contributed by atoms with van der Waals surface area (Å²) < 4.78 is 23.0. The van der Waals surface area contributed by atoms with Crippen LogP contribution in [0.5, 0.6) is 17.2 Å². The molecule has 0 N–H and O–H groups in total. The van der Waals surface area contributed by atoms with Crippen molar-refractivity contribution in [2.24, 2.45) is 0 Å². The smallest absolute Gasteiger partial charge is 0.165 e. The fourth-order valence-corrected chi connectivity index (χ4v) is 2.63. The maximum absolute atomic E-state index is 6.04. The first-order valence-electron chi connectivity index (χ1n) is 9.09. The first-order valence-corrected chi connectivity index (χ1v) is 9.09. The minimum atomic E-state index is 0.215. The Morgan fingerprint density at radius 2 is 1.30 bits per heavy atom. The Balaban J connectivity index is 1.46. The van der Waals surface area contributed by atoms with Gasteiger partial charge in [0, 0.05) is 6.07 Å². The van der Waals surface area contributed by atoms with Crippen molar-refractivity contribution in [3.05, 3.63) is 90.0 Å². The van der Waals surface area contributed by atoms with Crippen molar-refractivity contribution in [2.45, 2.75) is 19.3 Å². The van der Waals surface area contributed by atoms with Crippen LogP contribution in [0.2, 0.25) is 0 Å². The largest absolute Gasteiger partial charge is 0.491 e. The molecule has 1 aliphatic heterocycles. The van der Waals surface area contributed by atoms with Crippen LogP contribution in [0.25, 0.3) is 0 Å². The summed E-state index contributed by atoms with van der Waals surface area (Å²) in [6, 6.07) is 25.8. The predicted octanol–water partition coefficient (Wildman–Crippen LogP) is 4.62. The molecule has 4 heteroatoms. The molecule has 1 saturated heterocycles. The van der Waals surface area contributed by atoms with Gasteiger partial charge < -0.3 is 18.9 Å². The number of ether oxygens (including phenoxy) is 4. The molecule has 0 aliphatic carbocycles. The summed E-state index contributed by atoms with van der Waals surface area (Å²) in [7, 11) is 0. The molecule has 27 heavy (non-hydrogen) atoms. The number of hydrogen-bond acceptors (Lipinski definition) is 4. The molecular weight excluding hydrogens is 340 g/mol. The second-order valence-electron chi connectivity index (χ2n) is 6.42. The molecule has 4 rings (SSSR count). The maximum atomic E-state index is 6.04. The number of hydrogen-bond donors (Lipinski definition) is 0. The third-order valence-corrected chi connectivity index (χ3v) is 4.23. The van der Waals surface area contributed by atoms with Gasteiger partial charge in [0.1, 0.15) is 31.7 Å². The summed E-state index contributed by atoms with van der Waals surface area (Å²) in [5, 5.41) is 0. The van der Waals surface area contributed by atoms with Crippen LogP contribution in [0.15, 0.2) is 78.9 Å². The lowest BCUT2D eigenvalue weighted by molar-refractivity contribution is 0.246. The normalized spacial score (nSPS) is 15.2. The SMILES string of the molecule is c1ccc(COc2ccc(OC[C@@H]3CO3)cc2OCc2ccccc2)cc1. The van der Waals surface area contributed by atoms with E-state index < -0.39 is 0 Å². The van der Waals surface area contributed by atoms with E-state index in [4.69, 9.17) is 18.9 Å². The van der Waals surface area contributed by atoms with Gasteiger partial charge in [-0.1, -0.05) is 60.7 Å². The van der Waals surface area contributed by atoms with Crippen molar-refractivity contribution in [1.82, 2.24) is 0 Å². The van der Waals surface area contributed by atoms with Crippen LogP contribution in [0.4, 0.5) is 0 Å². The van der Waals surface area contributed by atoms with Gasteiger partial charge in [0.2, 0.25) is 0 Å². The number of benzene rings is 3. The minimum Gasteiger partial charge on any atom is -0.491 e. The van der Waals surface area contributed by atoms with Gasteiger partial charge >= 0.3 is 0 Å². The molecule has 1 aliphatic rings. The van der Waals surface area contributed by atoms with Gasteiger partial charge in [0.25, 0.3) is 0 Å². The summed E-state index contributed by atoms with van der Waals surface area (Å²) in [6.45, 7) is 2.29. The van der Waals surface area contributed by atoms with E-state index in [1.165, 1.54) is 0 Å². The lowest BCUT2D eigenvalue weighted by Crippen LogP contribution is -2.05. The van der Waals surface area contributed by atoms with Crippen LogP contribution >= 0.6 is 0 Å². The Hall–Kier alpha value is -2.98. The zero-order valence-electron chi connectivity index (χ0n) is 15.0. The summed E-state index contributed by atoms with van der Waals surface area (Å²) in [5.41, 5.74) is 2.21. The van der Waals surface area contributed by atoms with Crippen LogP contribution in [0, 0.1) is 0 Å². The Morgan fingerprint density at radius 3 is 1.89 bits per heavy atom. The number of rotatable bonds is 9. The molecule has 0 spiro atoms. The average Bonchev–Trinajstić information content (AvgIpc) is 3.56. The molecule has 0 bridgehead atoms. The van der Waals surface area contributed by atoms with E-state index in [2.05, 4.69) is 0 Å². The Labute approximate surface area is 159 Å². The highest BCUT2D eigenvalue weighted by Gasteiger charge is 2.23. The fourth-order valence-electron chi connectivity index (χ4n) is 2.63. The highest BCUT2D eigenvalue weighted by Crippen LogP contribution is 2.33. The van der Waals surface area contributed by atoms with E-state index >= 15 is 0 Å². The third-order valence-electron chi connectivity index (χ3n) is 4.23. The molecule has 0 unspecified atom stereocenters. The van der Waals surface area contributed by atoms with Gasteiger partial charge in [-0.25, -0.2) is 0 Å². The number of epoxide rings is 1. The van der Waals surface area contributed by atoms with Crippen molar-refractivity contribution in [3.63, 3.8) is 0 Å². The minimum absolute atomic E-state index is 0.215. The van der Waals surface area contributed by atoms with Gasteiger partial charge in [0.05, 0.1) is 6.61 Å². The maximum Gasteiger partial charge on any atom is 0.165 e. The average molecular weight is 362 g/mol. The molecule has 1 fully saturated rings. The van der Waals surface area contributed by atoms with Gasteiger partial charge in [-0.15, -0.1) is 0 Å². The zero-order chi connectivity index (χ0) is 18.3. The van der Waals surface area contributed by atoms with Crippen molar-refractivity contribution < 1.29 is 18.9 Å². The molecule has 4 nitrogen and oxygen atoms in total. The van der Waals surface area contributed by atoms with E-state index in [1.54, 1.807) is 0 Å². The highest BCUT2D eigenvalue weighted by atomic mass is 16.6. The summed E-state index contributed by atoms with van der Waals surface area (Å²) in [6.07, 6.45) is 0.215. The Morgan fingerprint density at radius 1 is 0.704 bits per heavy atom. The molecular formula is C23H22O4. The van der Waals surface area contributed by atoms with E-state index in [0.29, 0.717) is 31.3 Å². The summed E-state index contributed by atoms with van der Waals surface area (Å²) in [5.74, 6) is 2.12. The first-order chi connectivity index (χ1) is 13.4. The standard InChI is InChI=1S/C23H22O4/c1-3-7-18(8-4-1)14-26-22-12-11-20(24-16-21-17-25-21)13-23(22)27-15-19-9-5-2-6-10-19/h1-13,21H,14-17H2/t21-/m1/s1. The van der Waals surface area contributed by atoms with Gasteiger partial charge in [0.15, 0.2) is 11.5 Å². The van der Waals surface area contributed by atoms with Crippen LogP contribution in [0.3, 0.4) is 0 Å². The van der Waals surface area contributed by atoms with E-state index in [1.807, 2.05) is 78.9 Å². The molecule has 3 aromatic carbocycles. The fraction of sp³-hybridized carbons (Fsp3) is 0.217. The first kappa shape index (κ1) is 17.4. The van der Waals surface area contributed by atoms with Gasteiger partial charge in [-0.05, 0) is 23.3 Å². The van der Waals surface area contributed by atoms with Crippen LogP contribution in [-0.4, -0.2) is 19.3 Å².